The number of ether oxygens (including phenoxy) is 1. The molecular formula is C12H20N2O2S. The van der Waals surface area contributed by atoms with E-state index in [2.05, 4.69) is 10.3 Å². The molecule has 1 fully saturated rings. The normalized spacial score (nSPS) is 18.6. The summed E-state index contributed by atoms with van der Waals surface area (Å²) in [6.45, 7) is 1.98. The summed E-state index contributed by atoms with van der Waals surface area (Å²) in [5.41, 5.74) is 0.0801. The Morgan fingerprint density at radius 2 is 2.24 bits per heavy atom. The second-order valence-corrected chi connectivity index (χ2v) is 5.28. The largest absolute Gasteiger partial charge is 0.394 e. The number of hydrogen-bond donors (Lipinski definition) is 2. The van der Waals surface area contributed by atoms with Gasteiger partial charge in [-0.1, -0.05) is 12.8 Å². The Morgan fingerprint density at radius 1 is 1.41 bits per heavy atom. The third-order valence-corrected chi connectivity index (χ3v) is 4.22. The first-order chi connectivity index (χ1) is 8.37. The lowest BCUT2D eigenvalue weighted by Crippen LogP contribution is -2.41. The summed E-state index contributed by atoms with van der Waals surface area (Å²) in [4.78, 5) is 4.46. The lowest BCUT2D eigenvalue weighted by atomic mass is 9.98. The van der Waals surface area contributed by atoms with Crippen molar-refractivity contribution in [3.8, 4) is 0 Å². The third-order valence-electron chi connectivity index (χ3n) is 3.24. The number of nitrogens with one attached hydrogen (secondary N) is 1. The van der Waals surface area contributed by atoms with Crippen LogP contribution in [0.2, 0.25) is 0 Å². The van der Waals surface area contributed by atoms with Gasteiger partial charge in [0.25, 0.3) is 0 Å². The van der Waals surface area contributed by atoms with Crippen molar-refractivity contribution in [1.82, 2.24) is 10.3 Å². The summed E-state index contributed by atoms with van der Waals surface area (Å²) in [5, 5.41) is 15.5. The number of aliphatic hydroxyl groups is 1. The van der Waals surface area contributed by atoms with Crippen molar-refractivity contribution in [1.29, 1.82) is 0 Å². The van der Waals surface area contributed by atoms with Gasteiger partial charge in [-0.3, -0.25) is 0 Å². The molecule has 0 atom stereocenters. The fraction of sp³-hybridized carbons (Fsp3) is 0.750. The minimum absolute atomic E-state index is 0.0801. The molecule has 0 aromatic carbocycles. The van der Waals surface area contributed by atoms with Crippen LogP contribution in [0, 0.1) is 0 Å². The standard InChI is InChI=1S/C12H20N2O2S/c15-7-9-16-8-5-14-12(3-1-2-4-12)11-13-6-10-17-11/h6,10,14-15H,1-5,7-9H2. The zero-order chi connectivity index (χ0) is 12.0. The third kappa shape index (κ3) is 3.25. The maximum absolute atomic E-state index is 8.62. The molecule has 2 rings (SSSR count). The highest BCUT2D eigenvalue weighted by Gasteiger charge is 2.37. The summed E-state index contributed by atoms with van der Waals surface area (Å²) in [6, 6.07) is 0. The average Bonchev–Trinajstić information content (AvgIpc) is 3.00. The smallest absolute Gasteiger partial charge is 0.113 e. The highest BCUT2D eigenvalue weighted by atomic mass is 32.1. The van der Waals surface area contributed by atoms with Crippen molar-refractivity contribution >= 4 is 11.3 Å². The van der Waals surface area contributed by atoms with Crippen molar-refractivity contribution in [3.05, 3.63) is 16.6 Å². The predicted octanol–water partition coefficient (Wildman–Crippen LogP) is 1.51. The van der Waals surface area contributed by atoms with Crippen LogP contribution in [0.5, 0.6) is 0 Å². The molecule has 0 spiro atoms. The summed E-state index contributed by atoms with van der Waals surface area (Å²) in [5.74, 6) is 0. The van der Waals surface area contributed by atoms with Crippen LogP contribution in [0.1, 0.15) is 30.7 Å². The molecule has 1 aromatic heterocycles. The van der Waals surface area contributed by atoms with E-state index in [1.807, 2.05) is 11.6 Å². The monoisotopic (exact) mass is 256 g/mol. The molecule has 5 heteroatoms. The van der Waals surface area contributed by atoms with E-state index in [4.69, 9.17) is 9.84 Å². The van der Waals surface area contributed by atoms with Crippen LogP contribution >= 0.6 is 11.3 Å². The van der Waals surface area contributed by atoms with Gasteiger partial charge in [-0.15, -0.1) is 11.3 Å². The number of aromatic nitrogens is 1. The van der Waals surface area contributed by atoms with Gasteiger partial charge in [-0.05, 0) is 12.8 Å². The SMILES string of the molecule is OCCOCCNC1(c2nccs2)CCCC1. The predicted molar refractivity (Wildman–Crippen MR) is 68.2 cm³/mol. The quantitative estimate of drug-likeness (QED) is 0.726. The molecule has 1 heterocycles. The van der Waals surface area contributed by atoms with Crippen LogP contribution in [-0.2, 0) is 10.3 Å². The van der Waals surface area contributed by atoms with Crippen molar-refractivity contribution in [3.63, 3.8) is 0 Å². The van der Waals surface area contributed by atoms with Gasteiger partial charge in [-0.2, -0.15) is 0 Å². The summed E-state index contributed by atoms with van der Waals surface area (Å²) in [6.07, 6.45) is 6.75. The second kappa shape index (κ2) is 6.44. The summed E-state index contributed by atoms with van der Waals surface area (Å²) >= 11 is 1.73. The zero-order valence-electron chi connectivity index (χ0n) is 10.0. The number of hydrogen-bond acceptors (Lipinski definition) is 5. The Bertz CT molecular complexity index is 310. The van der Waals surface area contributed by atoms with E-state index in [1.165, 1.54) is 30.7 Å². The highest BCUT2D eigenvalue weighted by Crippen LogP contribution is 2.39. The van der Waals surface area contributed by atoms with E-state index >= 15 is 0 Å². The zero-order valence-corrected chi connectivity index (χ0v) is 10.8. The van der Waals surface area contributed by atoms with Crippen LogP contribution in [0.25, 0.3) is 0 Å². The lowest BCUT2D eigenvalue weighted by molar-refractivity contribution is 0.0891. The van der Waals surface area contributed by atoms with E-state index in [-0.39, 0.29) is 12.1 Å². The molecule has 1 aromatic rings. The molecule has 0 radical (unpaired) electrons. The maximum atomic E-state index is 8.62. The molecule has 0 aliphatic heterocycles. The summed E-state index contributed by atoms with van der Waals surface area (Å²) in [7, 11) is 0. The first-order valence-electron chi connectivity index (χ1n) is 6.21. The first kappa shape index (κ1) is 13.0. The molecule has 1 aliphatic carbocycles. The number of aliphatic hydroxyl groups excluding tert-OH is 1. The molecule has 0 bridgehead atoms. The molecule has 0 amide bonds. The van der Waals surface area contributed by atoms with Crippen LogP contribution in [0.4, 0.5) is 0 Å². The maximum Gasteiger partial charge on any atom is 0.113 e. The van der Waals surface area contributed by atoms with Crippen molar-refractivity contribution in [2.24, 2.45) is 0 Å². The van der Waals surface area contributed by atoms with Gasteiger partial charge in [0.05, 0.1) is 25.4 Å². The molecular weight excluding hydrogens is 236 g/mol. The Balaban J connectivity index is 1.85. The molecule has 4 nitrogen and oxygen atoms in total. The minimum Gasteiger partial charge on any atom is -0.394 e. The lowest BCUT2D eigenvalue weighted by Gasteiger charge is -2.28. The van der Waals surface area contributed by atoms with Gasteiger partial charge in [-0.25, -0.2) is 4.98 Å². The fourth-order valence-corrected chi connectivity index (χ4v) is 3.31. The number of nitrogens with zero attached hydrogens (tertiary/aromatic N) is 1. The van der Waals surface area contributed by atoms with Crippen LogP contribution in [0.15, 0.2) is 11.6 Å². The minimum atomic E-state index is 0.0801. The first-order valence-corrected chi connectivity index (χ1v) is 7.09. The molecule has 17 heavy (non-hydrogen) atoms. The Kier molecular flexibility index (Phi) is 4.91. The van der Waals surface area contributed by atoms with E-state index in [0.717, 1.165) is 6.54 Å². The Labute approximate surface area is 106 Å². The van der Waals surface area contributed by atoms with Gasteiger partial charge >= 0.3 is 0 Å². The molecule has 1 saturated carbocycles. The van der Waals surface area contributed by atoms with Crippen molar-refractivity contribution in [2.75, 3.05) is 26.4 Å². The molecule has 96 valence electrons. The average molecular weight is 256 g/mol. The molecule has 0 saturated heterocycles. The van der Waals surface area contributed by atoms with Crippen LogP contribution in [-0.4, -0.2) is 36.5 Å². The summed E-state index contributed by atoms with van der Waals surface area (Å²) < 4.78 is 5.28. The molecule has 1 aliphatic rings. The second-order valence-electron chi connectivity index (χ2n) is 4.39. The topological polar surface area (TPSA) is 54.4 Å². The van der Waals surface area contributed by atoms with Crippen molar-refractivity contribution in [2.45, 2.75) is 31.2 Å². The van der Waals surface area contributed by atoms with E-state index in [0.29, 0.717) is 13.2 Å². The Morgan fingerprint density at radius 3 is 2.88 bits per heavy atom. The molecule has 0 unspecified atom stereocenters. The van der Waals surface area contributed by atoms with E-state index in [9.17, 15) is 0 Å². The van der Waals surface area contributed by atoms with Crippen molar-refractivity contribution < 1.29 is 9.84 Å². The highest BCUT2D eigenvalue weighted by molar-refractivity contribution is 7.09. The number of rotatable bonds is 7. The van der Waals surface area contributed by atoms with Crippen LogP contribution in [0.3, 0.4) is 0 Å². The van der Waals surface area contributed by atoms with Gasteiger partial charge in [0, 0.05) is 18.1 Å². The number of thiazole rings is 1. The van der Waals surface area contributed by atoms with E-state index < -0.39 is 0 Å². The van der Waals surface area contributed by atoms with Gasteiger partial charge in [0.1, 0.15) is 5.01 Å². The van der Waals surface area contributed by atoms with Gasteiger partial charge < -0.3 is 15.2 Å². The fourth-order valence-electron chi connectivity index (χ4n) is 2.43. The molecule has 2 N–H and O–H groups in total. The Hall–Kier alpha value is -0.490. The van der Waals surface area contributed by atoms with Gasteiger partial charge in [0.15, 0.2) is 0 Å². The van der Waals surface area contributed by atoms with E-state index in [1.54, 1.807) is 11.3 Å². The van der Waals surface area contributed by atoms with Crippen LogP contribution < -0.4 is 5.32 Å². The van der Waals surface area contributed by atoms with Gasteiger partial charge in [0.2, 0.25) is 0 Å².